The van der Waals surface area contributed by atoms with Crippen molar-refractivity contribution in [3.63, 3.8) is 0 Å². The van der Waals surface area contributed by atoms with Crippen LogP contribution in [-0.4, -0.2) is 54.5 Å². The van der Waals surface area contributed by atoms with E-state index in [0.29, 0.717) is 31.4 Å². The van der Waals surface area contributed by atoms with Crippen molar-refractivity contribution in [2.45, 2.75) is 63.5 Å². The number of nitrogens with one attached hydrogen (secondary N) is 3. The number of carbonyl (C=O) groups is 3. The standard InChI is InChI=1S/C22H32N4O4/c27-20(9-8-19-7-4-16-30-19)23-13-10-21(28)26-14-11-18(12-15-26)25-22(29)24-17-5-2-1-3-6-17/h4,7-9,16-18H,1-3,5-6,10-15H2,(H,23,27)(H2,24,25,29)/b9-8+. The quantitative estimate of drug-likeness (QED) is 0.594. The molecule has 1 saturated heterocycles. The lowest BCUT2D eigenvalue weighted by Gasteiger charge is -2.33. The highest BCUT2D eigenvalue weighted by Gasteiger charge is 2.24. The van der Waals surface area contributed by atoms with Crippen LogP contribution in [0.5, 0.6) is 0 Å². The monoisotopic (exact) mass is 416 g/mol. The Kier molecular flexibility index (Phi) is 8.35. The van der Waals surface area contributed by atoms with Gasteiger partial charge in [-0.15, -0.1) is 0 Å². The van der Waals surface area contributed by atoms with Gasteiger partial charge < -0.3 is 25.3 Å². The third kappa shape index (κ3) is 7.24. The molecular formula is C22H32N4O4. The second-order valence-electron chi connectivity index (χ2n) is 8.00. The summed E-state index contributed by atoms with van der Waals surface area (Å²) in [5.74, 6) is 0.367. The normalized spacial score (nSPS) is 18.3. The van der Waals surface area contributed by atoms with Gasteiger partial charge in [-0.3, -0.25) is 9.59 Å². The maximum Gasteiger partial charge on any atom is 0.315 e. The number of likely N-dealkylation sites (tertiary alicyclic amines) is 1. The van der Waals surface area contributed by atoms with Gasteiger partial charge >= 0.3 is 6.03 Å². The molecule has 3 rings (SSSR count). The molecule has 3 N–H and O–H groups in total. The maximum atomic E-state index is 12.4. The first-order valence-corrected chi connectivity index (χ1v) is 10.9. The van der Waals surface area contributed by atoms with Gasteiger partial charge in [0.05, 0.1) is 6.26 Å². The molecule has 0 radical (unpaired) electrons. The Labute approximate surface area is 177 Å². The van der Waals surface area contributed by atoms with Gasteiger partial charge in [0, 0.05) is 44.2 Å². The molecule has 0 aromatic carbocycles. The van der Waals surface area contributed by atoms with E-state index >= 15 is 0 Å². The van der Waals surface area contributed by atoms with E-state index < -0.39 is 0 Å². The Balaban J connectivity index is 1.28. The minimum atomic E-state index is -0.258. The highest BCUT2D eigenvalue weighted by Crippen LogP contribution is 2.17. The first-order chi connectivity index (χ1) is 14.6. The number of urea groups is 1. The van der Waals surface area contributed by atoms with Gasteiger partial charge in [0.25, 0.3) is 0 Å². The smallest absolute Gasteiger partial charge is 0.315 e. The van der Waals surface area contributed by atoms with E-state index in [1.165, 1.54) is 31.6 Å². The Morgan fingerprint density at radius 3 is 2.40 bits per heavy atom. The average Bonchev–Trinajstić information content (AvgIpc) is 3.27. The fourth-order valence-electron chi connectivity index (χ4n) is 3.99. The number of hydrogen-bond donors (Lipinski definition) is 3. The van der Waals surface area contributed by atoms with Gasteiger partial charge in [0.15, 0.2) is 0 Å². The zero-order chi connectivity index (χ0) is 21.2. The molecule has 0 unspecified atom stereocenters. The lowest BCUT2D eigenvalue weighted by Crippen LogP contribution is -2.51. The van der Waals surface area contributed by atoms with Crippen LogP contribution in [0.4, 0.5) is 4.79 Å². The van der Waals surface area contributed by atoms with Gasteiger partial charge in [0.2, 0.25) is 11.8 Å². The second kappa shape index (κ2) is 11.4. The number of hydrogen-bond acceptors (Lipinski definition) is 4. The lowest BCUT2D eigenvalue weighted by atomic mass is 9.96. The number of piperidine rings is 1. The molecule has 1 aliphatic heterocycles. The molecule has 2 aliphatic rings. The number of carbonyl (C=O) groups excluding carboxylic acids is 3. The molecular weight excluding hydrogens is 384 g/mol. The average molecular weight is 417 g/mol. The minimum Gasteiger partial charge on any atom is -0.465 e. The maximum absolute atomic E-state index is 12.4. The molecule has 1 aromatic rings. The van der Waals surface area contributed by atoms with Gasteiger partial charge in [0.1, 0.15) is 5.76 Å². The molecule has 8 nitrogen and oxygen atoms in total. The van der Waals surface area contributed by atoms with Crippen molar-refractivity contribution >= 4 is 23.9 Å². The van der Waals surface area contributed by atoms with E-state index in [-0.39, 0.29) is 30.3 Å². The molecule has 1 aromatic heterocycles. The summed E-state index contributed by atoms with van der Waals surface area (Å²) in [4.78, 5) is 38.1. The van der Waals surface area contributed by atoms with Crippen molar-refractivity contribution in [1.82, 2.24) is 20.9 Å². The van der Waals surface area contributed by atoms with E-state index in [1.807, 2.05) is 4.90 Å². The van der Waals surface area contributed by atoms with E-state index in [2.05, 4.69) is 16.0 Å². The molecule has 0 bridgehead atoms. The summed E-state index contributed by atoms with van der Waals surface area (Å²) in [5, 5.41) is 8.83. The van der Waals surface area contributed by atoms with Crippen molar-refractivity contribution in [3.8, 4) is 0 Å². The highest BCUT2D eigenvalue weighted by molar-refractivity contribution is 5.91. The molecule has 0 atom stereocenters. The summed E-state index contributed by atoms with van der Waals surface area (Å²) in [5.41, 5.74) is 0. The summed E-state index contributed by atoms with van der Waals surface area (Å²) in [6.45, 7) is 1.54. The molecule has 1 saturated carbocycles. The first-order valence-electron chi connectivity index (χ1n) is 10.9. The number of furan rings is 1. The van der Waals surface area contributed by atoms with Crippen LogP contribution in [0.2, 0.25) is 0 Å². The van der Waals surface area contributed by atoms with E-state index in [4.69, 9.17) is 4.42 Å². The van der Waals surface area contributed by atoms with Crippen LogP contribution in [0.3, 0.4) is 0 Å². The number of rotatable bonds is 7. The van der Waals surface area contributed by atoms with Crippen LogP contribution in [0.1, 0.15) is 57.1 Å². The van der Waals surface area contributed by atoms with Crippen LogP contribution < -0.4 is 16.0 Å². The van der Waals surface area contributed by atoms with Crippen molar-refractivity contribution in [2.24, 2.45) is 0 Å². The van der Waals surface area contributed by atoms with Gasteiger partial charge in [-0.05, 0) is 43.9 Å². The van der Waals surface area contributed by atoms with E-state index in [1.54, 1.807) is 18.2 Å². The SMILES string of the molecule is O=C(/C=C/c1ccco1)NCCC(=O)N1CCC(NC(=O)NC2CCCCC2)CC1. The van der Waals surface area contributed by atoms with E-state index in [9.17, 15) is 14.4 Å². The fraction of sp³-hybridized carbons (Fsp3) is 0.591. The van der Waals surface area contributed by atoms with Crippen molar-refractivity contribution in [2.75, 3.05) is 19.6 Å². The largest absolute Gasteiger partial charge is 0.465 e. The summed E-state index contributed by atoms with van der Waals surface area (Å²) in [7, 11) is 0. The molecule has 30 heavy (non-hydrogen) atoms. The predicted octanol–water partition coefficient (Wildman–Crippen LogP) is 2.42. The summed E-state index contributed by atoms with van der Waals surface area (Å²) in [6, 6.07) is 3.81. The summed E-state index contributed by atoms with van der Waals surface area (Å²) in [6.07, 6.45) is 12.0. The zero-order valence-electron chi connectivity index (χ0n) is 17.4. The lowest BCUT2D eigenvalue weighted by molar-refractivity contribution is -0.132. The molecule has 4 amide bonds. The Morgan fingerprint density at radius 1 is 1.03 bits per heavy atom. The van der Waals surface area contributed by atoms with Crippen molar-refractivity contribution in [3.05, 3.63) is 30.2 Å². The third-order valence-corrected chi connectivity index (χ3v) is 5.70. The molecule has 2 heterocycles. The van der Waals surface area contributed by atoms with Crippen LogP contribution in [0, 0.1) is 0 Å². The molecule has 0 spiro atoms. The second-order valence-corrected chi connectivity index (χ2v) is 8.00. The third-order valence-electron chi connectivity index (χ3n) is 5.70. The number of nitrogens with zero attached hydrogens (tertiary/aromatic N) is 1. The minimum absolute atomic E-state index is 0.0235. The zero-order valence-corrected chi connectivity index (χ0v) is 17.4. The molecule has 1 aliphatic carbocycles. The fourth-order valence-corrected chi connectivity index (χ4v) is 3.99. The highest BCUT2D eigenvalue weighted by atomic mass is 16.3. The van der Waals surface area contributed by atoms with Crippen LogP contribution in [0.25, 0.3) is 6.08 Å². The Morgan fingerprint density at radius 2 is 1.73 bits per heavy atom. The first kappa shape index (κ1) is 21.9. The Hall–Kier alpha value is -2.77. The number of amides is 4. The molecule has 8 heteroatoms. The molecule has 2 fully saturated rings. The van der Waals surface area contributed by atoms with Gasteiger partial charge in [-0.25, -0.2) is 4.79 Å². The molecule has 164 valence electrons. The van der Waals surface area contributed by atoms with Crippen LogP contribution in [-0.2, 0) is 9.59 Å². The summed E-state index contributed by atoms with van der Waals surface area (Å²) < 4.78 is 5.12. The van der Waals surface area contributed by atoms with Crippen molar-refractivity contribution in [1.29, 1.82) is 0 Å². The summed E-state index contributed by atoms with van der Waals surface area (Å²) >= 11 is 0. The Bertz CT molecular complexity index is 718. The predicted molar refractivity (Wildman–Crippen MR) is 114 cm³/mol. The van der Waals surface area contributed by atoms with Crippen molar-refractivity contribution < 1.29 is 18.8 Å². The van der Waals surface area contributed by atoms with Crippen LogP contribution >= 0.6 is 0 Å². The topological polar surface area (TPSA) is 104 Å². The van der Waals surface area contributed by atoms with E-state index in [0.717, 1.165) is 25.7 Å². The van der Waals surface area contributed by atoms with Gasteiger partial charge in [-0.1, -0.05) is 19.3 Å². The van der Waals surface area contributed by atoms with Crippen LogP contribution in [0.15, 0.2) is 28.9 Å². The van der Waals surface area contributed by atoms with Gasteiger partial charge in [-0.2, -0.15) is 0 Å².